The molecule has 0 saturated carbocycles. The first-order chi connectivity index (χ1) is 17.0. The summed E-state index contributed by atoms with van der Waals surface area (Å²) in [6.07, 6.45) is 4.59. The fraction of sp³-hybridized carbons (Fsp3) is 0.429. The molecule has 3 aromatic rings. The van der Waals surface area contributed by atoms with Crippen LogP contribution in [0.3, 0.4) is 0 Å². The fourth-order valence-corrected chi connectivity index (χ4v) is 4.09. The van der Waals surface area contributed by atoms with E-state index in [-0.39, 0.29) is 30.3 Å². The van der Waals surface area contributed by atoms with Gasteiger partial charge in [-0.3, -0.25) is 14.6 Å². The molecule has 0 aliphatic heterocycles. The van der Waals surface area contributed by atoms with E-state index in [1.807, 2.05) is 43.3 Å². The van der Waals surface area contributed by atoms with Crippen molar-refractivity contribution in [3.63, 3.8) is 0 Å². The molecule has 0 aliphatic carbocycles. The molecule has 0 aliphatic rings. The van der Waals surface area contributed by atoms with E-state index in [0.717, 1.165) is 35.3 Å². The number of esters is 1. The van der Waals surface area contributed by atoms with Gasteiger partial charge in [-0.2, -0.15) is 0 Å². The second-order valence-corrected chi connectivity index (χ2v) is 10.1. The van der Waals surface area contributed by atoms with Crippen molar-refractivity contribution >= 4 is 23.0 Å². The summed E-state index contributed by atoms with van der Waals surface area (Å²) in [5.74, 6) is -0.613. The number of nitrogens with zero attached hydrogens (tertiary/aromatic N) is 2. The Labute approximate surface area is 212 Å². The maximum Gasteiger partial charge on any atom is 0.352 e. The molecule has 0 fully saturated rings. The molecule has 8 nitrogen and oxygen atoms in total. The van der Waals surface area contributed by atoms with Crippen LogP contribution >= 0.6 is 0 Å². The van der Waals surface area contributed by atoms with Crippen LogP contribution in [0.1, 0.15) is 65.1 Å². The Morgan fingerprint density at radius 1 is 1.25 bits per heavy atom. The lowest BCUT2D eigenvalue weighted by Crippen LogP contribution is -2.31. The van der Waals surface area contributed by atoms with E-state index >= 15 is 0 Å². The summed E-state index contributed by atoms with van der Waals surface area (Å²) in [4.78, 5) is 30.5. The number of nitrogens with two attached hydrogens (primary N) is 1. The molecule has 1 aromatic carbocycles. The van der Waals surface area contributed by atoms with Gasteiger partial charge in [-0.25, -0.2) is 9.78 Å². The van der Waals surface area contributed by atoms with Crippen molar-refractivity contribution in [1.82, 2.24) is 9.38 Å². The van der Waals surface area contributed by atoms with Crippen LogP contribution in [0, 0.1) is 5.41 Å². The number of hydrogen-bond donors (Lipinski definition) is 3. The summed E-state index contributed by atoms with van der Waals surface area (Å²) in [5, 5.41) is 11.4. The molecule has 2 heterocycles. The van der Waals surface area contributed by atoms with E-state index in [4.69, 9.17) is 20.9 Å². The smallest absolute Gasteiger partial charge is 0.352 e. The summed E-state index contributed by atoms with van der Waals surface area (Å²) in [6.45, 7) is 9.60. The highest BCUT2D eigenvalue weighted by molar-refractivity contribution is 6.35. The maximum absolute atomic E-state index is 13.5. The summed E-state index contributed by atoms with van der Waals surface area (Å²) < 4.78 is 6.86. The molecular formula is C28H37N5O3. The van der Waals surface area contributed by atoms with Gasteiger partial charge in [-0.15, -0.1) is 0 Å². The van der Waals surface area contributed by atoms with Crippen LogP contribution in [-0.2, 0) is 22.5 Å². The molecule has 0 spiro atoms. The van der Waals surface area contributed by atoms with Gasteiger partial charge in [0.15, 0.2) is 0 Å². The SMILES string of the molecule is CCCCc1nc2ccccn2c(=O)c1-c1ccc(NC(C)CC(=N)C(=O)OC(C)(C)C)cc1CN. The quantitative estimate of drug-likeness (QED) is 0.279. The molecule has 2 aromatic heterocycles. The van der Waals surface area contributed by atoms with Gasteiger partial charge in [-0.1, -0.05) is 25.5 Å². The van der Waals surface area contributed by atoms with Gasteiger partial charge in [0.2, 0.25) is 0 Å². The highest BCUT2D eigenvalue weighted by atomic mass is 16.6. The number of benzene rings is 1. The molecule has 8 heteroatoms. The van der Waals surface area contributed by atoms with E-state index < -0.39 is 11.6 Å². The minimum Gasteiger partial charge on any atom is -0.456 e. The highest BCUT2D eigenvalue weighted by Gasteiger charge is 2.22. The Bertz CT molecular complexity index is 1310. The molecule has 192 valence electrons. The number of rotatable bonds is 10. The first-order valence-corrected chi connectivity index (χ1v) is 12.4. The van der Waals surface area contributed by atoms with E-state index in [0.29, 0.717) is 17.6 Å². The van der Waals surface area contributed by atoms with Gasteiger partial charge in [0.25, 0.3) is 5.56 Å². The zero-order valence-electron chi connectivity index (χ0n) is 21.9. The number of aromatic nitrogens is 2. The predicted octanol–water partition coefficient (Wildman–Crippen LogP) is 4.71. The first kappa shape index (κ1) is 27.1. The highest BCUT2D eigenvalue weighted by Crippen LogP contribution is 2.28. The standard InChI is InChI=1S/C28H37N5O3/c1-6-7-10-23-25(26(34)33-14-9-8-11-24(33)32-23)21-13-12-20(16-19(21)17-29)31-18(2)15-22(30)27(35)36-28(3,4)5/h8-9,11-14,16,18,30-31H,6-7,10,15,17,29H2,1-5H3. The summed E-state index contributed by atoms with van der Waals surface area (Å²) in [6, 6.07) is 11.1. The molecular weight excluding hydrogens is 454 g/mol. The number of nitrogens with one attached hydrogen (secondary N) is 2. The number of ether oxygens (including phenoxy) is 1. The molecule has 36 heavy (non-hydrogen) atoms. The third kappa shape index (κ3) is 6.57. The fourth-order valence-electron chi connectivity index (χ4n) is 4.09. The molecule has 0 amide bonds. The van der Waals surface area contributed by atoms with Gasteiger partial charge >= 0.3 is 5.97 Å². The molecule has 0 radical (unpaired) electrons. The number of unbranched alkanes of at least 4 members (excludes halogenated alkanes) is 1. The van der Waals surface area contributed by atoms with Crippen molar-refractivity contribution in [1.29, 1.82) is 5.41 Å². The Balaban J connectivity index is 1.90. The third-order valence-electron chi connectivity index (χ3n) is 5.74. The van der Waals surface area contributed by atoms with Crippen LogP contribution < -0.4 is 16.6 Å². The number of fused-ring (bicyclic) bond motifs is 1. The third-order valence-corrected chi connectivity index (χ3v) is 5.74. The van der Waals surface area contributed by atoms with E-state index in [1.54, 1.807) is 31.4 Å². The Morgan fingerprint density at radius 2 is 2.00 bits per heavy atom. The van der Waals surface area contributed by atoms with Gasteiger partial charge in [0.1, 0.15) is 17.0 Å². The molecule has 0 bridgehead atoms. The van der Waals surface area contributed by atoms with Gasteiger partial charge in [-0.05, 0) is 75.9 Å². The van der Waals surface area contributed by atoms with Crippen molar-refractivity contribution in [2.75, 3.05) is 5.32 Å². The van der Waals surface area contributed by atoms with Crippen molar-refractivity contribution in [3.8, 4) is 11.1 Å². The van der Waals surface area contributed by atoms with Crippen molar-refractivity contribution in [2.45, 2.75) is 78.5 Å². The van der Waals surface area contributed by atoms with E-state index in [1.165, 1.54) is 0 Å². The molecule has 3 rings (SSSR count). The average Bonchev–Trinajstić information content (AvgIpc) is 2.82. The number of carbonyl (C=O) groups is 1. The predicted molar refractivity (Wildman–Crippen MR) is 145 cm³/mol. The second kappa shape index (κ2) is 11.5. The van der Waals surface area contributed by atoms with Gasteiger partial charge < -0.3 is 15.8 Å². The maximum atomic E-state index is 13.5. The van der Waals surface area contributed by atoms with Crippen LogP contribution in [0.2, 0.25) is 0 Å². The van der Waals surface area contributed by atoms with Crippen LogP contribution in [0.4, 0.5) is 5.69 Å². The van der Waals surface area contributed by atoms with Crippen molar-refractivity contribution < 1.29 is 9.53 Å². The zero-order valence-corrected chi connectivity index (χ0v) is 21.9. The van der Waals surface area contributed by atoms with Gasteiger partial charge in [0.05, 0.1) is 11.3 Å². The second-order valence-electron chi connectivity index (χ2n) is 10.1. The van der Waals surface area contributed by atoms with Crippen LogP contribution in [0.15, 0.2) is 47.4 Å². The van der Waals surface area contributed by atoms with E-state index in [9.17, 15) is 9.59 Å². The van der Waals surface area contributed by atoms with Gasteiger partial charge in [0, 0.05) is 30.9 Å². The normalized spacial score (nSPS) is 12.4. The molecule has 1 atom stereocenters. The average molecular weight is 492 g/mol. The zero-order chi connectivity index (χ0) is 26.5. The molecule has 4 N–H and O–H groups in total. The Morgan fingerprint density at radius 3 is 2.67 bits per heavy atom. The Hall–Kier alpha value is -3.52. The number of carbonyl (C=O) groups excluding carboxylic acids is 1. The summed E-state index contributed by atoms with van der Waals surface area (Å²) in [5.41, 5.74) is 9.68. The van der Waals surface area contributed by atoms with Crippen LogP contribution in [-0.4, -0.2) is 32.7 Å². The molecule has 0 saturated heterocycles. The van der Waals surface area contributed by atoms with Crippen molar-refractivity contribution in [3.05, 3.63) is 64.2 Å². The lowest BCUT2D eigenvalue weighted by molar-refractivity contribution is -0.146. The number of pyridine rings is 1. The van der Waals surface area contributed by atoms with Crippen LogP contribution in [0.25, 0.3) is 16.8 Å². The minimum atomic E-state index is -0.641. The number of aryl methyl sites for hydroxylation is 1. The lowest BCUT2D eigenvalue weighted by Gasteiger charge is -2.21. The summed E-state index contributed by atoms with van der Waals surface area (Å²) >= 11 is 0. The first-order valence-electron chi connectivity index (χ1n) is 12.4. The minimum absolute atomic E-state index is 0.0866. The largest absolute Gasteiger partial charge is 0.456 e. The number of hydrogen-bond acceptors (Lipinski definition) is 7. The molecule has 1 unspecified atom stereocenters. The summed E-state index contributed by atoms with van der Waals surface area (Å²) in [7, 11) is 0. The van der Waals surface area contributed by atoms with Crippen LogP contribution in [0.5, 0.6) is 0 Å². The van der Waals surface area contributed by atoms with E-state index in [2.05, 4.69) is 12.2 Å². The van der Waals surface area contributed by atoms with Crippen molar-refractivity contribution in [2.24, 2.45) is 5.73 Å². The monoisotopic (exact) mass is 491 g/mol. The Kier molecular flexibility index (Phi) is 8.63. The lowest BCUT2D eigenvalue weighted by atomic mass is 9.96. The number of anilines is 1. The topological polar surface area (TPSA) is 123 Å².